The van der Waals surface area contributed by atoms with Crippen LogP contribution in [-0.2, 0) is 6.54 Å². The summed E-state index contributed by atoms with van der Waals surface area (Å²) in [6, 6.07) is 8.79. The van der Waals surface area contributed by atoms with E-state index in [1.165, 1.54) is 11.1 Å². The first-order valence-electron chi connectivity index (χ1n) is 5.33. The largest absolute Gasteiger partial charge is 0.365 e. The first-order chi connectivity index (χ1) is 7.88. The Morgan fingerprint density at radius 2 is 2.11 bits per heavy atom. The number of halogens is 2. The number of fused-ring (bicyclic) bond motifs is 1. The lowest BCUT2D eigenvalue weighted by atomic mass is 10.0. The van der Waals surface area contributed by atoms with Crippen molar-refractivity contribution in [2.45, 2.75) is 12.6 Å². The molecule has 0 spiro atoms. The van der Waals surface area contributed by atoms with E-state index in [0.717, 1.165) is 17.4 Å². The molecule has 1 aromatic heterocycles. The summed E-state index contributed by atoms with van der Waals surface area (Å²) in [5.41, 5.74) is 3.85. The summed E-state index contributed by atoms with van der Waals surface area (Å²) in [6.45, 7) is 0.938. The quantitative estimate of drug-likeness (QED) is 0.894. The molecule has 0 fully saturated rings. The van der Waals surface area contributed by atoms with Gasteiger partial charge in [-0.3, -0.25) is 0 Å². The molecule has 18 heavy (non-hydrogen) atoms. The summed E-state index contributed by atoms with van der Waals surface area (Å²) in [7, 11) is 1.90. The molecule has 1 aromatic carbocycles. The first-order valence-corrected chi connectivity index (χ1v) is 6.21. The molecule has 6 heteroatoms. The van der Waals surface area contributed by atoms with Crippen LogP contribution in [0.1, 0.15) is 22.9 Å². The molecule has 2 N–H and O–H groups in total. The normalized spacial score (nSPS) is 16.4. The summed E-state index contributed by atoms with van der Waals surface area (Å²) >= 11 is 1.65. The van der Waals surface area contributed by atoms with Gasteiger partial charge < -0.3 is 10.6 Å². The van der Waals surface area contributed by atoms with Crippen molar-refractivity contribution in [2.75, 3.05) is 12.4 Å². The molecule has 98 valence electrons. The molecular weight excluding hydrogens is 289 g/mol. The Hall–Kier alpha value is -0.810. The van der Waals surface area contributed by atoms with Gasteiger partial charge in [0.2, 0.25) is 0 Å². The fourth-order valence-corrected chi connectivity index (χ4v) is 2.79. The van der Waals surface area contributed by atoms with Crippen LogP contribution in [0.4, 0.5) is 5.13 Å². The summed E-state index contributed by atoms with van der Waals surface area (Å²) in [5, 5.41) is 9.66. The Balaban J connectivity index is 0.000000810. The van der Waals surface area contributed by atoms with Crippen LogP contribution in [0, 0.1) is 0 Å². The third-order valence-corrected chi connectivity index (χ3v) is 3.77. The number of aromatic nitrogens is 1. The number of anilines is 1. The molecule has 1 aliphatic heterocycles. The molecule has 2 heterocycles. The van der Waals surface area contributed by atoms with Gasteiger partial charge in [-0.1, -0.05) is 24.3 Å². The van der Waals surface area contributed by atoms with Gasteiger partial charge in [0.05, 0.1) is 11.7 Å². The van der Waals surface area contributed by atoms with Gasteiger partial charge in [-0.05, 0) is 11.1 Å². The van der Waals surface area contributed by atoms with Gasteiger partial charge >= 0.3 is 0 Å². The van der Waals surface area contributed by atoms with Crippen LogP contribution < -0.4 is 10.6 Å². The molecule has 0 saturated heterocycles. The Kier molecular flexibility index (Phi) is 5.41. The number of benzene rings is 1. The molecule has 0 amide bonds. The van der Waals surface area contributed by atoms with E-state index in [9.17, 15) is 0 Å². The van der Waals surface area contributed by atoms with Gasteiger partial charge in [0, 0.05) is 19.0 Å². The molecule has 0 aliphatic carbocycles. The molecule has 1 unspecified atom stereocenters. The third-order valence-electron chi connectivity index (χ3n) is 2.89. The number of rotatable bonds is 2. The zero-order valence-electron chi connectivity index (χ0n) is 9.84. The van der Waals surface area contributed by atoms with E-state index in [1.807, 2.05) is 7.05 Å². The lowest BCUT2D eigenvalue weighted by Crippen LogP contribution is -2.13. The molecule has 0 bridgehead atoms. The molecule has 1 aliphatic rings. The monoisotopic (exact) mass is 303 g/mol. The van der Waals surface area contributed by atoms with Gasteiger partial charge in [-0.2, -0.15) is 0 Å². The fourth-order valence-electron chi connectivity index (χ4n) is 2.10. The van der Waals surface area contributed by atoms with E-state index in [-0.39, 0.29) is 30.9 Å². The SMILES string of the molecule is CNc1nc(C2NCc3ccccc32)cs1.Cl.Cl. The first kappa shape index (κ1) is 15.2. The third kappa shape index (κ3) is 2.62. The van der Waals surface area contributed by atoms with Crippen molar-refractivity contribution in [1.29, 1.82) is 0 Å². The van der Waals surface area contributed by atoms with Crippen molar-refractivity contribution in [2.24, 2.45) is 0 Å². The highest BCUT2D eigenvalue weighted by molar-refractivity contribution is 7.13. The van der Waals surface area contributed by atoms with Crippen molar-refractivity contribution in [3.63, 3.8) is 0 Å². The van der Waals surface area contributed by atoms with Gasteiger partial charge in [0.25, 0.3) is 0 Å². The second kappa shape index (κ2) is 6.38. The molecule has 1 atom stereocenters. The Morgan fingerprint density at radius 3 is 2.83 bits per heavy atom. The highest BCUT2D eigenvalue weighted by Crippen LogP contribution is 2.31. The van der Waals surface area contributed by atoms with Gasteiger partial charge in [-0.15, -0.1) is 36.2 Å². The van der Waals surface area contributed by atoms with E-state index < -0.39 is 0 Å². The van der Waals surface area contributed by atoms with Crippen LogP contribution in [0.2, 0.25) is 0 Å². The maximum absolute atomic E-state index is 4.55. The standard InChI is InChI=1S/C12H13N3S.2ClH/c1-13-12-15-10(7-16-12)11-9-5-3-2-4-8(9)6-14-11;;/h2-5,7,11,14H,6H2,1H3,(H,13,15);2*1H. The average Bonchev–Trinajstić information content (AvgIpc) is 2.94. The zero-order valence-corrected chi connectivity index (χ0v) is 12.3. The molecule has 0 radical (unpaired) electrons. The summed E-state index contributed by atoms with van der Waals surface area (Å²) in [4.78, 5) is 4.55. The van der Waals surface area contributed by atoms with Crippen LogP contribution in [0.3, 0.4) is 0 Å². The molecule has 3 nitrogen and oxygen atoms in total. The van der Waals surface area contributed by atoms with Crippen molar-refractivity contribution in [1.82, 2.24) is 10.3 Å². The minimum absolute atomic E-state index is 0. The molecule has 3 rings (SSSR count). The number of hydrogen-bond acceptors (Lipinski definition) is 4. The lowest BCUT2D eigenvalue weighted by molar-refractivity contribution is 0.654. The van der Waals surface area contributed by atoms with Crippen molar-refractivity contribution >= 4 is 41.3 Å². The highest BCUT2D eigenvalue weighted by atomic mass is 35.5. The minimum atomic E-state index is 0. The Bertz CT molecular complexity index is 516. The topological polar surface area (TPSA) is 37.0 Å². The summed E-state index contributed by atoms with van der Waals surface area (Å²) in [5.74, 6) is 0. The van der Waals surface area contributed by atoms with E-state index in [1.54, 1.807) is 11.3 Å². The smallest absolute Gasteiger partial charge is 0.182 e. The predicted molar refractivity (Wildman–Crippen MR) is 81.3 cm³/mol. The van der Waals surface area contributed by atoms with Crippen LogP contribution in [0.25, 0.3) is 0 Å². The van der Waals surface area contributed by atoms with Crippen molar-refractivity contribution < 1.29 is 0 Å². The second-order valence-corrected chi connectivity index (χ2v) is 4.70. The Morgan fingerprint density at radius 1 is 1.33 bits per heavy atom. The molecule has 2 aromatic rings. The number of nitrogens with zero attached hydrogens (tertiary/aromatic N) is 1. The molecule has 0 saturated carbocycles. The van der Waals surface area contributed by atoms with E-state index in [0.29, 0.717) is 0 Å². The summed E-state index contributed by atoms with van der Waals surface area (Å²) < 4.78 is 0. The van der Waals surface area contributed by atoms with Crippen LogP contribution in [0.15, 0.2) is 29.6 Å². The van der Waals surface area contributed by atoms with Crippen LogP contribution >= 0.6 is 36.2 Å². The second-order valence-electron chi connectivity index (χ2n) is 3.84. The zero-order chi connectivity index (χ0) is 11.0. The number of nitrogens with one attached hydrogen (secondary N) is 2. The minimum Gasteiger partial charge on any atom is -0.365 e. The van der Waals surface area contributed by atoms with Crippen molar-refractivity contribution in [3.8, 4) is 0 Å². The van der Waals surface area contributed by atoms with Crippen molar-refractivity contribution in [3.05, 3.63) is 46.5 Å². The van der Waals surface area contributed by atoms with Crippen LogP contribution in [0.5, 0.6) is 0 Å². The lowest BCUT2D eigenvalue weighted by Gasteiger charge is -2.08. The van der Waals surface area contributed by atoms with Crippen LogP contribution in [-0.4, -0.2) is 12.0 Å². The van der Waals surface area contributed by atoms with Gasteiger partial charge in [-0.25, -0.2) is 4.98 Å². The molecular formula is C12H15Cl2N3S. The summed E-state index contributed by atoms with van der Waals surface area (Å²) in [6.07, 6.45) is 0. The maximum atomic E-state index is 4.55. The maximum Gasteiger partial charge on any atom is 0.182 e. The number of hydrogen-bond donors (Lipinski definition) is 2. The average molecular weight is 304 g/mol. The fraction of sp³-hybridized carbons (Fsp3) is 0.250. The van der Waals surface area contributed by atoms with E-state index >= 15 is 0 Å². The Labute approximate surface area is 123 Å². The highest BCUT2D eigenvalue weighted by Gasteiger charge is 2.24. The van der Waals surface area contributed by atoms with Gasteiger partial charge in [0.15, 0.2) is 5.13 Å². The van der Waals surface area contributed by atoms with E-state index in [2.05, 4.69) is 45.3 Å². The predicted octanol–water partition coefficient (Wildman–Crippen LogP) is 3.22. The van der Waals surface area contributed by atoms with E-state index in [4.69, 9.17) is 0 Å². The number of thiazole rings is 1. The van der Waals surface area contributed by atoms with Gasteiger partial charge in [0.1, 0.15) is 0 Å².